The Balaban J connectivity index is 1.87. The first-order chi connectivity index (χ1) is 14.5. The molecule has 8 heteroatoms. The smallest absolute Gasteiger partial charge is 0.256 e. The summed E-state index contributed by atoms with van der Waals surface area (Å²) in [6.45, 7) is 2.27. The number of methoxy groups -OCH3 is 2. The van der Waals surface area contributed by atoms with Gasteiger partial charge >= 0.3 is 0 Å². The maximum absolute atomic E-state index is 12.9. The molecule has 3 rings (SSSR count). The van der Waals surface area contributed by atoms with Gasteiger partial charge in [-0.1, -0.05) is 41.4 Å². The van der Waals surface area contributed by atoms with E-state index in [9.17, 15) is 4.79 Å². The molecule has 0 atom stereocenters. The number of nitrogens with one attached hydrogen (secondary N) is 1. The molecule has 1 N–H and O–H groups in total. The Morgan fingerprint density at radius 3 is 2.63 bits per heavy atom. The molecule has 0 fully saturated rings. The zero-order valence-electron chi connectivity index (χ0n) is 16.8. The molecular weight excluding hydrogens is 425 g/mol. The summed E-state index contributed by atoms with van der Waals surface area (Å²) < 4.78 is 12.5. The fourth-order valence-electron chi connectivity index (χ4n) is 2.99. The highest BCUT2D eigenvalue weighted by atomic mass is 35.5. The van der Waals surface area contributed by atoms with Crippen LogP contribution in [0, 0.1) is 0 Å². The van der Waals surface area contributed by atoms with E-state index in [1.165, 1.54) is 7.11 Å². The third-order valence-corrected chi connectivity index (χ3v) is 5.00. The van der Waals surface area contributed by atoms with E-state index < -0.39 is 0 Å². The summed E-state index contributed by atoms with van der Waals surface area (Å²) in [4.78, 5) is 12.9. The maximum atomic E-state index is 12.9. The van der Waals surface area contributed by atoms with E-state index in [1.807, 2.05) is 25.1 Å². The average molecular weight is 446 g/mol. The number of aromatic nitrogens is 2. The molecule has 0 aliphatic heterocycles. The zero-order valence-corrected chi connectivity index (χ0v) is 18.3. The molecule has 0 radical (unpaired) electrons. The molecule has 0 aliphatic carbocycles. The van der Waals surface area contributed by atoms with Crippen molar-refractivity contribution in [2.75, 3.05) is 19.5 Å². The van der Waals surface area contributed by atoms with Crippen molar-refractivity contribution in [2.24, 2.45) is 0 Å². The monoisotopic (exact) mass is 445 g/mol. The SMILES string of the molecule is C/C=C/c1cc(C(=O)Nc2ccnn2Cc2ccc(Cl)cc2Cl)cc(OC)c1OC. The van der Waals surface area contributed by atoms with Gasteiger partial charge in [-0.2, -0.15) is 5.10 Å². The summed E-state index contributed by atoms with van der Waals surface area (Å²) in [5.74, 6) is 1.27. The van der Waals surface area contributed by atoms with Gasteiger partial charge in [-0.05, 0) is 36.8 Å². The second kappa shape index (κ2) is 9.69. The van der Waals surface area contributed by atoms with Crippen molar-refractivity contribution in [3.8, 4) is 11.5 Å². The second-order valence-electron chi connectivity index (χ2n) is 6.36. The second-order valence-corrected chi connectivity index (χ2v) is 7.21. The third kappa shape index (κ3) is 4.78. The Morgan fingerprint density at radius 2 is 1.97 bits per heavy atom. The highest BCUT2D eigenvalue weighted by molar-refractivity contribution is 6.35. The molecule has 156 valence electrons. The van der Waals surface area contributed by atoms with E-state index in [2.05, 4.69) is 10.4 Å². The van der Waals surface area contributed by atoms with Crippen LogP contribution in [-0.4, -0.2) is 29.9 Å². The number of allylic oxidation sites excluding steroid dienone is 1. The van der Waals surface area contributed by atoms with Crippen molar-refractivity contribution in [3.63, 3.8) is 0 Å². The van der Waals surface area contributed by atoms with Crippen molar-refractivity contribution in [2.45, 2.75) is 13.5 Å². The van der Waals surface area contributed by atoms with Gasteiger partial charge in [0.25, 0.3) is 5.91 Å². The molecule has 0 unspecified atom stereocenters. The van der Waals surface area contributed by atoms with E-state index >= 15 is 0 Å². The van der Waals surface area contributed by atoms with E-state index in [-0.39, 0.29) is 5.91 Å². The first-order valence-corrected chi connectivity index (χ1v) is 9.88. The summed E-state index contributed by atoms with van der Waals surface area (Å²) in [7, 11) is 3.09. The lowest BCUT2D eigenvalue weighted by Crippen LogP contribution is -2.16. The number of benzene rings is 2. The van der Waals surface area contributed by atoms with Crippen LogP contribution in [0.1, 0.15) is 28.4 Å². The van der Waals surface area contributed by atoms with Crippen LogP contribution in [-0.2, 0) is 6.54 Å². The lowest BCUT2D eigenvalue weighted by Gasteiger charge is -2.14. The van der Waals surface area contributed by atoms with Crippen molar-refractivity contribution in [1.29, 1.82) is 0 Å². The summed E-state index contributed by atoms with van der Waals surface area (Å²) >= 11 is 12.2. The third-order valence-electron chi connectivity index (χ3n) is 4.41. The fraction of sp³-hybridized carbons (Fsp3) is 0.182. The van der Waals surface area contributed by atoms with Gasteiger partial charge in [-0.25, -0.2) is 4.68 Å². The first kappa shape index (κ1) is 21.7. The van der Waals surface area contributed by atoms with Gasteiger partial charge in [0.15, 0.2) is 11.5 Å². The lowest BCUT2D eigenvalue weighted by atomic mass is 10.1. The van der Waals surface area contributed by atoms with E-state index in [0.29, 0.717) is 39.5 Å². The van der Waals surface area contributed by atoms with Crippen molar-refractivity contribution >= 4 is 41.0 Å². The molecule has 6 nitrogen and oxygen atoms in total. The van der Waals surface area contributed by atoms with Gasteiger partial charge in [0.05, 0.1) is 27.0 Å². The zero-order chi connectivity index (χ0) is 21.7. The molecule has 0 saturated heterocycles. The van der Waals surface area contributed by atoms with Crippen LogP contribution in [0.25, 0.3) is 6.08 Å². The molecule has 2 aromatic carbocycles. The van der Waals surface area contributed by atoms with Gasteiger partial charge in [0.1, 0.15) is 5.82 Å². The standard InChI is InChI=1S/C22H21Cl2N3O3/c1-4-5-14-10-16(11-19(29-2)21(14)30-3)22(28)26-20-8-9-25-27(20)13-15-6-7-17(23)12-18(15)24/h4-12H,13H2,1-3H3,(H,26,28)/b5-4+. The molecule has 1 heterocycles. The molecular formula is C22H21Cl2N3O3. The van der Waals surface area contributed by atoms with Gasteiger partial charge in [0.2, 0.25) is 0 Å². The summed E-state index contributed by atoms with van der Waals surface area (Å²) in [6.07, 6.45) is 5.33. The van der Waals surface area contributed by atoms with E-state index in [1.54, 1.807) is 48.3 Å². The van der Waals surface area contributed by atoms with Crippen molar-refractivity contribution in [3.05, 3.63) is 75.4 Å². The Labute approximate surface area is 185 Å². The Hall–Kier alpha value is -2.96. The van der Waals surface area contributed by atoms with Gasteiger partial charge in [0, 0.05) is 27.2 Å². The number of rotatable bonds is 7. The molecule has 0 bridgehead atoms. The maximum Gasteiger partial charge on any atom is 0.256 e. The van der Waals surface area contributed by atoms with Gasteiger partial charge < -0.3 is 14.8 Å². The van der Waals surface area contributed by atoms with Crippen LogP contribution in [0.2, 0.25) is 10.0 Å². The van der Waals surface area contributed by atoms with Gasteiger partial charge in [-0.3, -0.25) is 4.79 Å². The minimum Gasteiger partial charge on any atom is -0.493 e. The molecule has 0 spiro atoms. The predicted molar refractivity (Wildman–Crippen MR) is 120 cm³/mol. The minimum absolute atomic E-state index is 0.300. The number of carbonyl (C=O) groups excluding carboxylic acids is 1. The lowest BCUT2D eigenvalue weighted by molar-refractivity contribution is 0.102. The van der Waals surface area contributed by atoms with Crippen molar-refractivity contribution < 1.29 is 14.3 Å². The van der Waals surface area contributed by atoms with E-state index in [0.717, 1.165) is 11.1 Å². The molecule has 0 saturated carbocycles. The number of halogens is 2. The predicted octanol–water partition coefficient (Wildman–Crippen LogP) is 5.54. The molecule has 3 aromatic rings. The van der Waals surface area contributed by atoms with Crippen LogP contribution in [0.3, 0.4) is 0 Å². The van der Waals surface area contributed by atoms with E-state index in [4.69, 9.17) is 32.7 Å². The summed E-state index contributed by atoms with van der Waals surface area (Å²) in [5, 5.41) is 8.26. The number of amides is 1. The van der Waals surface area contributed by atoms with Crippen LogP contribution in [0.4, 0.5) is 5.82 Å². The number of hydrogen-bond acceptors (Lipinski definition) is 4. The van der Waals surface area contributed by atoms with Crippen LogP contribution >= 0.6 is 23.2 Å². The van der Waals surface area contributed by atoms with Crippen LogP contribution in [0.5, 0.6) is 11.5 Å². The normalized spacial score (nSPS) is 11.0. The van der Waals surface area contributed by atoms with Gasteiger partial charge in [-0.15, -0.1) is 0 Å². The van der Waals surface area contributed by atoms with Crippen molar-refractivity contribution in [1.82, 2.24) is 9.78 Å². The number of ether oxygens (including phenoxy) is 2. The minimum atomic E-state index is -0.300. The number of hydrogen-bond donors (Lipinski definition) is 1. The fourth-order valence-corrected chi connectivity index (χ4v) is 3.46. The van der Waals surface area contributed by atoms with Crippen LogP contribution < -0.4 is 14.8 Å². The topological polar surface area (TPSA) is 65.4 Å². The quantitative estimate of drug-likeness (QED) is 0.518. The Bertz CT molecular complexity index is 1090. The number of nitrogens with zero attached hydrogens (tertiary/aromatic N) is 2. The molecule has 30 heavy (non-hydrogen) atoms. The highest BCUT2D eigenvalue weighted by Gasteiger charge is 2.17. The molecule has 1 aromatic heterocycles. The first-order valence-electron chi connectivity index (χ1n) is 9.12. The molecule has 0 aliphatic rings. The summed E-state index contributed by atoms with van der Waals surface area (Å²) in [5.41, 5.74) is 2.01. The highest BCUT2D eigenvalue weighted by Crippen LogP contribution is 2.34. The molecule has 1 amide bonds. The number of anilines is 1. The largest absolute Gasteiger partial charge is 0.493 e. The number of carbonyl (C=O) groups is 1. The summed E-state index contributed by atoms with van der Waals surface area (Å²) in [6, 6.07) is 10.4. The Kier molecular flexibility index (Phi) is 7.03. The Morgan fingerprint density at radius 1 is 1.17 bits per heavy atom. The average Bonchev–Trinajstić information content (AvgIpc) is 3.16. The van der Waals surface area contributed by atoms with Crippen LogP contribution in [0.15, 0.2) is 48.7 Å².